The highest BCUT2D eigenvalue weighted by Gasteiger charge is 2.15. The average Bonchev–Trinajstić information content (AvgIpc) is 2.26. The second-order valence-electron chi connectivity index (χ2n) is 2.71. The minimum Gasteiger partial charge on any atom is -0.465 e. The summed E-state index contributed by atoms with van der Waals surface area (Å²) in [6.45, 7) is 0. The van der Waals surface area contributed by atoms with Crippen molar-refractivity contribution in [3.8, 4) is 6.07 Å². The molecule has 0 aliphatic rings. The molecule has 0 spiro atoms. The fourth-order valence-electron chi connectivity index (χ4n) is 1.09. The number of carbonyl (C=O) groups excluding carboxylic acids is 1. The number of methoxy groups -OCH3 is 1. The lowest BCUT2D eigenvalue weighted by atomic mass is 10.1. The van der Waals surface area contributed by atoms with Crippen LogP contribution in [0.2, 0.25) is 0 Å². The molecule has 0 amide bonds. The third-order valence-electron chi connectivity index (χ3n) is 1.83. The Bertz CT molecular complexity index is 424. The van der Waals surface area contributed by atoms with E-state index in [-0.39, 0.29) is 16.7 Å². The van der Waals surface area contributed by atoms with E-state index in [9.17, 15) is 13.6 Å². The maximum absolute atomic E-state index is 12.4. The molecule has 0 unspecified atom stereocenters. The predicted octanol–water partition coefficient (Wildman–Crippen LogP) is 2.28. The summed E-state index contributed by atoms with van der Waals surface area (Å²) in [6, 6.07) is 4.95. The molecule has 0 bridgehead atoms. The number of rotatable bonds is 2. The number of nitriles is 1. The van der Waals surface area contributed by atoms with Crippen LogP contribution in [0, 0.1) is 11.3 Å². The Morgan fingerprint density at radius 2 is 2.20 bits per heavy atom. The Morgan fingerprint density at radius 3 is 2.67 bits per heavy atom. The molecule has 0 N–H and O–H groups in total. The van der Waals surface area contributed by atoms with Gasteiger partial charge in [0.1, 0.15) is 0 Å². The van der Waals surface area contributed by atoms with Gasteiger partial charge in [-0.3, -0.25) is 0 Å². The fourth-order valence-corrected chi connectivity index (χ4v) is 1.09. The summed E-state index contributed by atoms with van der Waals surface area (Å²) >= 11 is 0. The fraction of sp³-hybridized carbons (Fsp3) is 0.200. The van der Waals surface area contributed by atoms with Crippen molar-refractivity contribution < 1.29 is 18.3 Å². The first-order valence-corrected chi connectivity index (χ1v) is 4.00. The van der Waals surface area contributed by atoms with Gasteiger partial charge in [0.2, 0.25) is 0 Å². The van der Waals surface area contributed by atoms with Gasteiger partial charge in [-0.25, -0.2) is 13.6 Å². The molecule has 0 heterocycles. The second kappa shape index (κ2) is 4.51. The van der Waals surface area contributed by atoms with Crippen LogP contribution in [0.5, 0.6) is 0 Å². The maximum atomic E-state index is 12.4. The summed E-state index contributed by atoms with van der Waals surface area (Å²) in [5.74, 6) is -0.660. The van der Waals surface area contributed by atoms with Crippen LogP contribution in [0.15, 0.2) is 18.2 Å². The lowest BCUT2D eigenvalue weighted by Gasteiger charge is -2.04. The number of alkyl halides is 2. The largest absolute Gasteiger partial charge is 0.465 e. The molecular formula is C10H7F2NO2. The van der Waals surface area contributed by atoms with Crippen molar-refractivity contribution in [3.05, 3.63) is 34.9 Å². The molecular weight excluding hydrogens is 204 g/mol. The van der Waals surface area contributed by atoms with Crippen LogP contribution in [0.1, 0.15) is 27.9 Å². The van der Waals surface area contributed by atoms with E-state index in [0.29, 0.717) is 0 Å². The van der Waals surface area contributed by atoms with Gasteiger partial charge >= 0.3 is 5.97 Å². The van der Waals surface area contributed by atoms with Crippen molar-refractivity contribution in [3.63, 3.8) is 0 Å². The van der Waals surface area contributed by atoms with Gasteiger partial charge in [0, 0.05) is 5.56 Å². The maximum Gasteiger partial charge on any atom is 0.337 e. The van der Waals surface area contributed by atoms with Crippen LogP contribution >= 0.6 is 0 Å². The second-order valence-corrected chi connectivity index (χ2v) is 2.71. The number of esters is 1. The number of hydrogen-bond acceptors (Lipinski definition) is 3. The van der Waals surface area contributed by atoms with Crippen molar-refractivity contribution >= 4 is 5.97 Å². The van der Waals surface area contributed by atoms with Crippen LogP contribution in [0.3, 0.4) is 0 Å². The number of carbonyl (C=O) groups is 1. The van der Waals surface area contributed by atoms with Gasteiger partial charge in [0.05, 0.1) is 24.3 Å². The molecule has 5 heteroatoms. The van der Waals surface area contributed by atoms with Gasteiger partial charge in [-0.1, -0.05) is 6.07 Å². The van der Waals surface area contributed by atoms with E-state index in [1.165, 1.54) is 13.2 Å². The molecule has 0 atom stereocenters. The van der Waals surface area contributed by atoms with E-state index in [2.05, 4.69) is 4.74 Å². The summed E-state index contributed by atoms with van der Waals surface area (Å²) in [7, 11) is 1.18. The van der Waals surface area contributed by atoms with E-state index in [4.69, 9.17) is 5.26 Å². The zero-order valence-electron chi connectivity index (χ0n) is 7.83. The van der Waals surface area contributed by atoms with Crippen LogP contribution in [-0.4, -0.2) is 13.1 Å². The minimum absolute atomic E-state index is 0.0819. The molecule has 0 aliphatic carbocycles. The number of hydrogen-bond donors (Lipinski definition) is 0. The molecule has 0 fully saturated rings. The number of nitrogens with zero attached hydrogens (tertiary/aromatic N) is 1. The molecule has 15 heavy (non-hydrogen) atoms. The predicted molar refractivity (Wildman–Crippen MR) is 47.5 cm³/mol. The highest BCUT2D eigenvalue weighted by molar-refractivity contribution is 5.89. The lowest BCUT2D eigenvalue weighted by Crippen LogP contribution is -2.02. The molecule has 3 nitrogen and oxygen atoms in total. The Kier molecular flexibility index (Phi) is 3.34. The van der Waals surface area contributed by atoms with E-state index in [1.807, 2.05) is 0 Å². The first-order chi connectivity index (χ1) is 7.10. The first kappa shape index (κ1) is 11.1. The van der Waals surface area contributed by atoms with Crippen molar-refractivity contribution in [2.45, 2.75) is 6.43 Å². The zero-order valence-corrected chi connectivity index (χ0v) is 7.83. The third kappa shape index (κ3) is 2.29. The van der Waals surface area contributed by atoms with Gasteiger partial charge in [0.15, 0.2) is 0 Å². The molecule has 78 valence electrons. The summed E-state index contributed by atoms with van der Waals surface area (Å²) in [5.41, 5.74) is -0.517. The first-order valence-electron chi connectivity index (χ1n) is 4.00. The van der Waals surface area contributed by atoms with E-state index < -0.39 is 12.4 Å². The minimum atomic E-state index is -2.73. The molecule has 0 saturated heterocycles. The Morgan fingerprint density at radius 1 is 1.53 bits per heavy atom. The molecule has 0 aliphatic heterocycles. The monoisotopic (exact) mass is 211 g/mol. The normalized spacial score (nSPS) is 9.80. The van der Waals surface area contributed by atoms with Gasteiger partial charge in [-0.15, -0.1) is 0 Å². The Labute approximate surface area is 84.9 Å². The van der Waals surface area contributed by atoms with Gasteiger partial charge < -0.3 is 4.74 Å². The summed E-state index contributed by atoms with van der Waals surface area (Å²) in [4.78, 5) is 11.0. The van der Waals surface area contributed by atoms with Gasteiger partial charge in [-0.2, -0.15) is 5.26 Å². The lowest BCUT2D eigenvalue weighted by molar-refractivity contribution is 0.0600. The number of halogens is 2. The molecule has 1 aromatic rings. The van der Waals surface area contributed by atoms with Crippen molar-refractivity contribution in [1.29, 1.82) is 5.26 Å². The van der Waals surface area contributed by atoms with E-state index in [1.54, 1.807) is 6.07 Å². The summed E-state index contributed by atoms with van der Waals surface area (Å²) in [6.07, 6.45) is -2.73. The average molecular weight is 211 g/mol. The molecule has 0 saturated carbocycles. The third-order valence-corrected chi connectivity index (χ3v) is 1.83. The summed E-state index contributed by atoms with van der Waals surface area (Å²) < 4.78 is 29.1. The molecule has 0 aromatic heterocycles. The smallest absolute Gasteiger partial charge is 0.337 e. The molecule has 1 aromatic carbocycles. The Balaban J connectivity index is 3.21. The zero-order chi connectivity index (χ0) is 11.4. The highest BCUT2D eigenvalue weighted by atomic mass is 19.3. The Hall–Kier alpha value is -1.96. The van der Waals surface area contributed by atoms with Crippen molar-refractivity contribution in [2.75, 3.05) is 7.11 Å². The van der Waals surface area contributed by atoms with Gasteiger partial charge in [-0.05, 0) is 12.1 Å². The number of benzene rings is 1. The quantitative estimate of drug-likeness (QED) is 0.705. The number of ether oxygens (including phenoxy) is 1. The van der Waals surface area contributed by atoms with Crippen LogP contribution in [-0.2, 0) is 4.74 Å². The SMILES string of the molecule is COC(=O)c1ccc(C(F)F)c(C#N)c1. The van der Waals surface area contributed by atoms with E-state index in [0.717, 1.165) is 12.1 Å². The van der Waals surface area contributed by atoms with Crippen LogP contribution in [0.25, 0.3) is 0 Å². The van der Waals surface area contributed by atoms with Crippen LogP contribution in [0.4, 0.5) is 8.78 Å². The topological polar surface area (TPSA) is 50.1 Å². The standard InChI is InChI=1S/C10H7F2NO2/c1-15-10(14)6-2-3-8(9(11)12)7(4-6)5-13/h2-4,9H,1H3. The molecule has 1 rings (SSSR count). The molecule has 0 radical (unpaired) electrons. The van der Waals surface area contributed by atoms with E-state index >= 15 is 0 Å². The van der Waals surface area contributed by atoms with Crippen molar-refractivity contribution in [2.24, 2.45) is 0 Å². The summed E-state index contributed by atoms with van der Waals surface area (Å²) in [5, 5.41) is 8.61. The van der Waals surface area contributed by atoms with Crippen LogP contribution < -0.4 is 0 Å². The van der Waals surface area contributed by atoms with Gasteiger partial charge in [0.25, 0.3) is 6.43 Å². The van der Waals surface area contributed by atoms with Crippen molar-refractivity contribution in [1.82, 2.24) is 0 Å². The highest BCUT2D eigenvalue weighted by Crippen LogP contribution is 2.23.